The van der Waals surface area contributed by atoms with E-state index >= 15 is 0 Å². The van der Waals surface area contributed by atoms with Crippen molar-refractivity contribution in [2.75, 3.05) is 13.7 Å². The molecule has 0 bridgehead atoms. The molecule has 1 fully saturated rings. The van der Waals surface area contributed by atoms with Crippen LogP contribution in [-0.4, -0.2) is 13.7 Å². The van der Waals surface area contributed by atoms with E-state index < -0.39 is 0 Å². The number of hydrogen-bond acceptors (Lipinski definition) is 1. The maximum Gasteiger partial charge on any atom is 0.0927 e. The van der Waals surface area contributed by atoms with Crippen molar-refractivity contribution in [3.8, 4) is 0 Å². The van der Waals surface area contributed by atoms with Gasteiger partial charge in [0, 0.05) is 13.0 Å². The Hall–Kier alpha value is -0.170. The molecule has 1 unspecified atom stereocenters. The third kappa shape index (κ3) is 1.41. The number of rotatable bonds is 2. The Morgan fingerprint density at radius 2 is 2.62 bits per heavy atom. The second-order valence-electron chi connectivity index (χ2n) is 2.42. The Balaban J connectivity index is 2.06. The van der Waals surface area contributed by atoms with Crippen molar-refractivity contribution in [3.05, 3.63) is 6.42 Å². The summed E-state index contributed by atoms with van der Waals surface area (Å²) < 4.78 is 5.01. The standard InChI is InChI=1S/C7H13O/c1-8-6-7-4-2-3-5-7/h2,7H,3-6H2,1H3/q+1. The first-order chi connectivity index (χ1) is 3.93. The van der Waals surface area contributed by atoms with Crippen LogP contribution in [0, 0.1) is 12.3 Å². The Morgan fingerprint density at radius 1 is 1.75 bits per heavy atom. The van der Waals surface area contributed by atoms with Crippen LogP contribution in [0.3, 0.4) is 0 Å². The number of methoxy groups -OCH3 is 1. The highest BCUT2D eigenvalue weighted by molar-refractivity contribution is 4.79. The molecule has 1 heteroatoms. The summed E-state index contributed by atoms with van der Waals surface area (Å²) in [7, 11) is 1.78. The van der Waals surface area contributed by atoms with Crippen LogP contribution in [0.1, 0.15) is 19.3 Å². The smallest absolute Gasteiger partial charge is 0.0927 e. The first-order valence-corrected chi connectivity index (χ1v) is 3.24. The fourth-order valence-electron chi connectivity index (χ4n) is 1.21. The van der Waals surface area contributed by atoms with Crippen molar-refractivity contribution in [1.82, 2.24) is 0 Å². The lowest BCUT2D eigenvalue weighted by molar-refractivity contribution is 0.156. The number of ether oxygens (including phenoxy) is 1. The van der Waals surface area contributed by atoms with Crippen LogP contribution < -0.4 is 0 Å². The van der Waals surface area contributed by atoms with E-state index in [1.807, 2.05) is 0 Å². The van der Waals surface area contributed by atoms with Gasteiger partial charge in [-0.15, -0.1) is 0 Å². The van der Waals surface area contributed by atoms with Crippen LogP contribution in [0.25, 0.3) is 0 Å². The van der Waals surface area contributed by atoms with E-state index in [9.17, 15) is 0 Å². The molecule has 0 aromatic rings. The molecule has 0 aromatic heterocycles. The zero-order chi connectivity index (χ0) is 5.82. The topological polar surface area (TPSA) is 9.23 Å². The molecule has 0 radical (unpaired) electrons. The second kappa shape index (κ2) is 2.98. The van der Waals surface area contributed by atoms with E-state index in [-0.39, 0.29) is 0 Å². The van der Waals surface area contributed by atoms with Crippen molar-refractivity contribution < 1.29 is 4.74 Å². The summed E-state index contributed by atoms with van der Waals surface area (Å²) in [5, 5.41) is 0. The lowest BCUT2D eigenvalue weighted by Crippen LogP contribution is -2.01. The zero-order valence-electron chi connectivity index (χ0n) is 5.39. The second-order valence-corrected chi connectivity index (χ2v) is 2.42. The van der Waals surface area contributed by atoms with Gasteiger partial charge in [0.2, 0.25) is 0 Å². The van der Waals surface area contributed by atoms with Gasteiger partial charge in [-0.3, -0.25) is 0 Å². The fraction of sp³-hybridized carbons (Fsp3) is 0.857. The Kier molecular flexibility index (Phi) is 2.22. The van der Waals surface area contributed by atoms with Crippen molar-refractivity contribution in [1.29, 1.82) is 0 Å². The summed E-state index contributed by atoms with van der Waals surface area (Å²) in [4.78, 5) is 0. The van der Waals surface area contributed by atoms with E-state index in [2.05, 4.69) is 6.42 Å². The molecule has 1 aliphatic rings. The molecule has 8 heavy (non-hydrogen) atoms. The average molecular weight is 113 g/mol. The minimum atomic E-state index is 0.833. The average Bonchev–Trinajstić information content (AvgIpc) is 2.19. The SMILES string of the molecule is COCC1C[CH+]CC1. The molecule has 0 aromatic carbocycles. The maximum absolute atomic E-state index is 5.01. The van der Waals surface area contributed by atoms with E-state index in [1.54, 1.807) is 7.11 Å². The predicted molar refractivity (Wildman–Crippen MR) is 33.5 cm³/mol. The first-order valence-electron chi connectivity index (χ1n) is 3.24. The minimum Gasteiger partial charge on any atom is -0.384 e. The van der Waals surface area contributed by atoms with Crippen molar-refractivity contribution in [3.63, 3.8) is 0 Å². The van der Waals surface area contributed by atoms with Gasteiger partial charge in [0.15, 0.2) is 0 Å². The maximum atomic E-state index is 5.01. The van der Waals surface area contributed by atoms with Crippen LogP contribution in [0.2, 0.25) is 0 Å². The summed E-state index contributed by atoms with van der Waals surface area (Å²) in [6.45, 7) is 0.955. The summed E-state index contributed by atoms with van der Waals surface area (Å²) in [6.07, 6.45) is 6.26. The van der Waals surface area contributed by atoms with Gasteiger partial charge in [0.25, 0.3) is 0 Å². The van der Waals surface area contributed by atoms with E-state index in [0.717, 1.165) is 12.5 Å². The van der Waals surface area contributed by atoms with Crippen LogP contribution >= 0.6 is 0 Å². The lowest BCUT2D eigenvalue weighted by atomic mass is 10.1. The van der Waals surface area contributed by atoms with Gasteiger partial charge in [0.05, 0.1) is 25.9 Å². The molecule has 1 atom stereocenters. The van der Waals surface area contributed by atoms with Gasteiger partial charge >= 0.3 is 0 Å². The molecule has 0 heterocycles. The van der Waals surface area contributed by atoms with Crippen molar-refractivity contribution in [2.45, 2.75) is 19.3 Å². The molecule has 0 N–H and O–H groups in total. The quantitative estimate of drug-likeness (QED) is 0.495. The van der Waals surface area contributed by atoms with Gasteiger partial charge in [0.1, 0.15) is 0 Å². The van der Waals surface area contributed by atoms with Crippen molar-refractivity contribution >= 4 is 0 Å². The lowest BCUT2D eigenvalue weighted by Gasteiger charge is -2.00. The van der Waals surface area contributed by atoms with E-state index in [4.69, 9.17) is 4.74 Å². The normalized spacial score (nSPS) is 27.9. The van der Waals surface area contributed by atoms with Crippen LogP contribution in [0.15, 0.2) is 0 Å². The summed E-state index contributed by atoms with van der Waals surface area (Å²) in [5.41, 5.74) is 0. The molecular weight excluding hydrogens is 100 g/mol. The highest BCUT2D eigenvalue weighted by Crippen LogP contribution is 2.23. The Labute approximate surface area is 51.0 Å². The third-order valence-electron chi connectivity index (χ3n) is 1.68. The molecule has 46 valence electrons. The monoisotopic (exact) mass is 113 g/mol. The molecule has 0 aliphatic heterocycles. The minimum absolute atomic E-state index is 0.833. The summed E-state index contributed by atoms with van der Waals surface area (Å²) >= 11 is 0. The van der Waals surface area contributed by atoms with Gasteiger partial charge in [-0.2, -0.15) is 0 Å². The molecule has 1 saturated carbocycles. The van der Waals surface area contributed by atoms with Crippen LogP contribution in [0.4, 0.5) is 0 Å². The van der Waals surface area contributed by atoms with Gasteiger partial charge in [-0.25, -0.2) is 0 Å². The van der Waals surface area contributed by atoms with Gasteiger partial charge in [-0.1, -0.05) is 0 Å². The van der Waals surface area contributed by atoms with Gasteiger partial charge < -0.3 is 4.74 Å². The summed E-state index contributed by atoms with van der Waals surface area (Å²) in [5.74, 6) is 0.833. The van der Waals surface area contributed by atoms with E-state index in [0.29, 0.717) is 0 Å². The fourth-order valence-corrected chi connectivity index (χ4v) is 1.21. The molecule has 0 saturated heterocycles. The highest BCUT2D eigenvalue weighted by atomic mass is 16.5. The molecule has 1 aliphatic carbocycles. The molecular formula is C7H13O+. The Morgan fingerprint density at radius 3 is 3.12 bits per heavy atom. The zero-order valence-corrected chi connectivity index (χ0v) is 5.39. The third-order valence-corrected chi connectivity index (χ3v) is 1.68. The summed E-state index contributed by atoms with van der Waals surface area (Å²) in [6, 6.07) is 0. The molecule has 0 spiro atoms. The van der Waals surface area contributed by atoms with Crippen LogP contribution in [0.5, 0.6) is 0 Å². The van der Waals surface area contributed by atoms with Crippen molar-refractivity contribution in [2.24, 2.45) is 5.92 Å². The first kappa shape index (κ1) is 5.96. The molecule has 1 rings (SSSR count). The Bertz CT molecular complexity index is 55.4. The largest absolute Gasteiger partial charge is 0.384 e. The van der Waals surface area contributed by atoms with Crippen LogP contribution in [-0.2, 0) is 4.74 Å². The highest BCUT2D eigenvalue weighted by Gasteiger charge is 2.21. The van der Waals surface area contributed by atoms with Gasteiger partial charge in [-0.05, 0) is 6.42 Å². The molecule has 1 nitrogen and oxygen atoms in total. The molecule has 0 amide bonds. The number of hydrogen-bond donors (Lipinski definition) is 0. The van der Waals surface area contributed by atoms with E-state index in [1.165, 1.54) is 19.3 Å². The predicted octanol–water partition coefficient (Wildman–Crippen LogP) is 1.64.